The summed E-state index contributed by atoms with van der Waals surface area (Å²) in [4.78, 5) is 0. The number of nitrogens with one attached hydrogen (secondary N) is 1. The monoisotopic (exact) mass is 277 g/mol. The van der Waals surface area contributed by atoms with Gasteiger partial charge in [0.25, 0.3) is 0 Å². The number of fused-ring (bicyclic) bond motifs is 1. The fraction of sp³-hybridized carbons (Fsp3) is 0.333. The van der Waals surface area contributed by atoms with Crippen molar-refractivity contribution >= 4 is 20.6 Å². The molecule has 0 amide bonds. The van der Waals surface area contributed by atoms with E-state index < -0.39 is 9.84 Å². The summed E-state index contributed by atoms with van der Waals surface area (Å²) in [7, 11) is -2.90. The Labute approximate surface area is 114 Å². The Bertz CT molecular complexity index is 665. The first-order valence-electron chi connectivity index (χ1n) is 6.35. The number of hydrogen-bond acceptors (Lipinski definition) is 3. The molecule has 0 bridgehead atoms. The zero-order chi connectivity index (χ0) is 13.9. The summed E-state index contributed by atoms with van der Waals surface area (Å²) >= 11 is 0. The van der Waals surface area contributed by atoms with Gasteiger partial charge in [-0.2, -0.15) is 0 Å². The molecule has 102 valence electrons. The zero-order valence-corrected chi connectivity index (χ0v) is 12.1. The molecule has 0 aliphatic carbocycles. The van der Waals surface area contributed by atoms with E-state index in [0.29, 0.717) is 6.54 Å². The third kappa shape index (κ3) is 4.04. The zero-order valence-electron chi connectivity index (χ0n) is 11.3. The first-order chi connectivity index (χ1) is 8.96. The molecule has 0 aliphatic rings. The molecule has 19 heavy (non-hydrogen) atoms. The van der Waals surface area contributed by atoms with Gasteiger partial charge in [-0.25, -0.2) is 8.42 Å². The van der Waals surface area contributed by atoms with Gasteiger partial charge >= 0.3 is 0 Å². The van der Waals surface area contributed by atoms with E-state index in [2.05, 4.69) is 35.6 Å². The lowest BCUT2D eigenvalue weighted by Gasteiger charge is -2.14. The maximum Gasteiger partial charge on any atom is 0.148 e. The van der Waals surface area contributed by atoms with Gasteiger partial charge < -0.3 is 5.32 Å². The van der Waals surface area contributed by atoms with Crippen LogP contribution in [0, 0.1) is 0 Å². The Morgan fingerprint density at radius 1 is 1.11 bits per heavy atom. The molecule has 1 atom stereocenters. The van der Waals surface area contributed by atoms with Crippen LogP contribution < -0.4 is 5.32 Å². The van der Waals surface area contributed by atoms with Crippen LogP contribution in [0.3, 0.4) is 0 Å². The van der Waals surface area contributed by atoms with Crippen molar-refractivity contribution in [3.05, 3.63) is 48.0 Å². The molecule has 2 rings (SSSR count). The molecule has 0 radical (unpaired) electrons. The Morgan fingerprint density at radius 3 is 2.47 bits per heavy atom. The van der Waals surface area contributed by atoms with Crippen LogP contribution in [0.2, 0.25) is 0 Å². The highest BCUT2D eigenvalue weighted by molar-refractivity contribution is 7.90. The lowest BCUT2D eigenvalue weighted by molar-refractivity contribution is 0.576. The Hall–Kier alpha value is -1.39. The summed E-state index contributed by atoms with van der Waals surface area (Å²) in [6.45, 7) is 2.53. The maximum atomic E-state index is 11.1. The molecule has 0 saturated carbocycles. The normalized spacial score (nSPS) is 13.6. The van der Waals surface area contributed by atoms with Crippen molar-refractivity contribution in [1.82, 2.24) is 5.32 Å². The Morgan fingerprint density at radius 2 is 1.79 bits per heavy atom. The number of rotatable bonds is 5. The molecular formula is C15H19NO2S. The molecule has 0 heterocycles. The molecule has 0 fully saturated rings. The van der Waals surface area contributed by atoms with E-state index in [1.54, 1.807) is 0 Å². The van der Waals surface area contributed by atoms with Crippen molar-refractivity contribution in [2.24, 2.45) is 0 Å². The standard InChI is InChI=1S/C15H19NO2S/c1-12(16-9-10-19(2,17)18)14-8-7-13-5-3-4-6-15(13)11-14/h3-8,11-12,16H,9-10H2,1-2H3. The minimum atomic E-state index is -2.90. The van der Waals surface area contributed by atoms with Crippen molar-refractivity contribution < 1.29 is 8.42 Å². The van der Waals surface area contributed by atoms with Crippen LogP contribution in [0.5, 0.6) is 0 Å². The molecular weight excluding hydrogens is 258 g/mol. The topological polar surface area (TPSA) is 46.2 Å². The first kappa shape index (κ1) is 14.0. The van der Waals surface area contributed by atoms with E-state index >= 15 is 0 Å². The summed E-state index contributed by atoms with van der Waals surface area (Å²) in [5, 5.41) is 5.66. The molecule has 3 nitrogen and oxygen atoms in total. The van der Waals surface area contributed by atoms with Crippen LogP contribution in [0.1, 0.15) is 18.5 Å². The highest BCUT2D eigenvalue weighted by atomic mass is 32.2. The second-order valence-corrected chi connectivity index (χ2v) is 7.17. The first-order valence-corrected chi connectivity index (χ1v) is 8.41. The Balaban J connectivity index is 2.06. The largest absolute Gasteiger partial charge is 0.309 e. The Kier molecular flexibility index (Phi) is 4.22. The van der Waals surface area contributed by atoms with Gasteiger partial charge in [-0.05, 0) is 29.3 Å². The van der Waals surface area contributed by atoms with E-state index in [0.717, 1.165) is 0 Å². The predicted octanol–water partition coefficient (Wildman–Crippen LogP) is 2.54. The second kappa shape index (κ2) is 5.72. The average Bonchev–Trinajstić information content (AvgIpc) is 2.36. The van der Waals surface area contributed by atoms with E-state index in [-0.39, 0.29) is 11.8 Å². The van der Waals surface area contributed by atoms with Crippen molar-refractivity contribution in [3.8, 4) is 0 Å². The van der Waals surface area contributed by atoms with Crippen LogP contribution in [0.4, 0.5) is 0 Å². The van der Waals surface area contributed by atoms with Gasteiger partial charge in [0.1, 0.15) is 9.84 Å². The maximum absolute atomic E-state index is 11.1. The van der Waals surface area contributed by atoms with Crippen LogP contribution in [-0.2, 0) is 9.84 Å². The summed E-state index contributed by atoms with van der Waals surface area (Å²) in [6, 6.07) is 14.7. The second-order valence-electron chi connectivity index (χ2n) is 4.91. The molecule has 0 saturated heterocycles. The van der Waals surface area contributed by atoms with Gasteiger partial charge in [-0.15, -0.1) is 0 Å². The molecule has 0 aromatic heterocycles. The average molecular weight is 277 g/mol. The highest BCUT2D eigenvalue weighted by Gasteiger charge is 2.07. The van der Waals surface area contributed by atoms with E-state index in [9.17, 15) is 8.42 Å². The van der Waals surface area contributed by atoms with Crippen LogP contribution >= 0.6 is 0 Å². The summed E-state index contributed by atoms with van der Waals surface area (Å²) < 4.78 is 22.2. The number of sulfone groups is 1. The molecule has 2 aromatic carbocycles. The lowest BCUT2D eigenvalue weighted by Crippen LogP contribution is -2.25. The quantitative estimate of drug-likeness (QED) is 0.913. The minimum absolute atomic E-state index is 0.145. The fourth-order valence-corrected chi connectivity index (χ4v) is 2.54. The van der Waals surface area contributed by atoms with E-state index in [1.165, 1.54) is 22.6 Å². The predicted molar refractivity (Wildman–Crippen MR) is 80.1 cm³/mol. The van der Waals surface area contributed by atoms with Gasteiger partial charge in [0.15, 0.2) is 0 Å². The summed E-state index contributed by atoms with van der Waals surface area (Å²) in [5.41, 5.74) is 1.17. The highest BCUT2D eigenvalue weighted by Crippen LogP contribution is 2.19. The lowest BCUT2D eigenvalue weighted by atomic mass is 10.0. The molecule has 1 unspecified atom stereocenters. The fourth-order valence-electron chi connectivity index (χ4n) is 2.06. The molecule has 2 aromatic rings. The molecule has 0 spiro atoms. The molecule has 4 heteroatoms. The van der Waals surface area contributed by atoms with Gasteiger partial charge in [-0.3, -0.25) is 0 Å². The number of benzene rings is 2. The number of hydrogen-bond donors (Lipinski definition) is 1. The van der Waals surface area contributed by atoms with Gasteiger partial charge in [0.2, 0.25) is 0 Å². The van der Waals surface area contributed by atoms with Crippen LogP contribution in [-0.4, -0.2) is 27.0 Å². The summed E-state index contributed by atoms with van der Waals surface area (Å²) in [6.07, 6.45) is 1.26. The smallest absolute Gasteiger partial charge is 0.148 e. The van der Waals surface area contributed by atoms with Crippen molar-refractivity contribution in [2.75, 3.05) is 18.6 Å². The minimum Gasteiger partial charge on any atom is -0.309 e. The van der Waals surface area contributed by atoms with Gasteiger partial charge in [-0.1, -0.05) is 36.4 Å². The third-order valence-electron chi connectivity index (χ3n) is 3.20. The third-order valence-corrected chi connectivity index (χ3v) is 4.14. The van der Waals surface area contributed by atoms with E-state index in [1.807, 2.05) is 19.1 Å². The molecule has 1 N–H and O–H groups in total. The van der Waals surface area contributed by atoms with Gasteiger partial charge in [0, 0.05) is 18.8 Å². The van der Waals surface area contributed by atoms with Gasteiger partial charge in [0.05, 0.1) is 5.75 Å². The van der Waals surface area contributed by atoms with Crippen LogP contribution in [0.15, 0.2) is 42.5 Å². The van der Waals surface area contributed by atoms with Crippen molar-refractivity contribution in [1.29, 1.82) is 0 Å². The van der Waals surface area contributed by atoms with E-state index in [4.69, 9.17) is 0 Å². The van der Waals surface area contributed by atoms with Crippen LogP contribution in [0.25, 0.3) is 10.8 Å². The van der Waals surface area contributed by atoms with Crippen molar-refractivity contribution in [3.63, 3.8) is 0 Å². The summed E-state index contributed by atoms with van der Waals surface area (Å²) in [5.74, 6) is 0.172. The SMILES string of the molecule is CC(NCCS(C)(=O)=O)c1ccc2ccccc2c1. The van der Waals surface area contributed by atoms with Crippen molar-refractivity contribution in [2.45, 2.75) is 13.0 Å². The molecule has 0 aliphatic heterocycles.